The summed E-state index contributed by atoms with van der Waals surface area (Å²) < 4.78 is 21.4. The molecule has 1 amide bonds. The number of halogens is 2. The normalized spacial score (nSPS) is 15.7. The number of aryl methyl sites for hydroxylation is 1. The Morgan fingerprint density at radius 2 is 1.93 bits per heavy atom. The van der Waals surface area contributed by atoms with Crippen LogP contribution in [0, 0.1) is 18.2 Å². The van der Waals surface area contributed by atoms with Crippen molar-refractivity contribution in [1.82, 2.24) is 19.9 Å². The van der Waals surface area contributed by atoms with Gasteiger partial charge in [0.1, 0.15) is 11.6 Å². The molecule has 0 radical (unpaired) electrons. The van der Waals surface area contributed by atoms with E-state index in [-0.39, 0.29) is 29.9 Å². The van der Waals surface area contributed by atoms with E-state index < -0.39 is 29.4 Å². The van der Waals surface area contributed by atoms with Gasteiger partial charge in [0, 0.05) is 35.7 Å². The van der Waals surface area contributed by atoms with Gasteiger partial charge >= 0.3 is 5.97 Å². The number of carbonyl (C=O) groups is 3. The van der Waals surface area contributed by atoms with Crippen LogP contribution in [0.25, 0.3) is 5.65 Å². The van der Waals surface area contributed by atoms with E-state index in [1.165, 1.54) is 28.8 Å². The number of nitrogens with one attached hydrogen (secondary N) is 1. The zero-order valence-electron chi connectivity index (χ0n) is 25.0. The van der Waals surface area contributed by atoms with Crippen LogP contribution in [0.1, 0.15) is 73.9 Å². The van der Waals surface area contributed by atoms with Crippen LogP contribution in [0.2, 0.25) is 0 Å². The molecule has 1 unspecified atom stereocenters. The third-order valence-electron chi connectivity index (χ3n) is 7.54. The van der Waals surface area contributed by atoms with Gasteiger partial charge < -0.3 is 20.1 Å². The number of aromatic nitrogens is 3. The third-order valence-corrected chi connectivity index (χ3v) is 8.28. The number of ketones is 1. The minimum Gasteiger partial charge on any atom is -0.479 e. The molecule has 1 fully saturated rings. The van der Waals surface area contributed by atoms with Crippen molar-refractivity contribution in [3.8, 4) is 0 Å². The maximum atomic E-state index is 13.4. The second-order valence-corrected chi connectivity index (χ2v) is 13.0. The Labute approximate surface area is 258 Å². The van der Waals surface area contributed by atoms with E-state index in [1.807, 2.05) is 6.08 Å². The van der Waals surface area contributed by atoms with Crippen LogP contribution < -0.4 is 10.2 Å². The molecule has 3 aromatic rings. The summed E-state index contributed by atoms with van der Waals surface area (Å²) in [6, 6.07) is 5.57. The van der Waals surface area contributed by atoms with E-state index in [0.29, 0.717) is 45.8 Å². The predicted octanol–water partition coefficient (Wildman–Crippen LogP) is 5.21. The summed E-state index contributed by atoms with van der Waals surface area (Å²) >= 11 is 3.25. The summed E-state index contributed by atoms with van der Waals surface area (Å²) in [5.41, 5.74) is 0.977. The van der Waals surface area contributed by atoms with Gasteiger partial charge in [0.2, 0.25) is 0 Å². The summed E-state index contributed by atoms with van der Waals surface area (Å²) in [4.78, 5) is 44.9. The van der Waals surface area contributed by atoms with E-state index in [9.17, 15) is 23.9 Å². The molecule has 2 N–H and O–H groups in total. The number of hydrogen-bond acceptors (Lipinski definition) is 7. The minimum absolute atomic E-state index is 0.00348. The lowest BCUT2D eigenvalue weighted by Crippen LogP contribution is -2.40. The molecule has 1 aliphatic rings. The average Bonchev–Trinajstić information content (AvgIpc) is 3.35. The smallest absolute Gasteiger partial charge is 0.337 e. The lowest BCUT2D eigenvalue weighted by Gasteiger charge is -2.40. The number of rotatable bonds is 10. The first-order chi connectivity index (χ1) is 20.1. The predicted molar refractivity (Wildman–Crippen MR) is 164 cm³/mol. The summed E-state index contributed by atoms with van der Waals surface area (Å²) in [5, 5.41) is 17.4. The highest BCUT2D eigenvalue weighted by molar-refractivity contribution is 9.10. The molecule has 1 aromatic carbocycles. The number of nitrogens with zero attached hydrogens (tertiary/aromatic N) is 4. The number of ether oxygens (including phenoxy) is 1. The van der Waals surface area contributed by atoms with Crippen molar-refractivity contribution in [2.45, 2.75) is 65.6 Å². The Hall–Kier alpha value is -3.64. The molecule has 0 spiro atoms. The Bertz CT molecular complexity index is 1570. The van der Waals surface area contributed by atoms with Crippen molar-refractivity contribution in [1.29, 1.82) is 0 Å². The molecule has 1 aliphatic heterocycles. The third kappa shape index (κ3) is 7.48. The van der Waals surface area contributed by atoms with Gasteiger partial charge in [0.25, 0.3) is 5.91 Å². The molecule has 0 aliphatic carbocycles. The topological polar surface area (TPSA) is 126 Å². The fraction of sp³-hybridized carbons (Fsp3) is 0.452. The van der Waals surface area contributed by atoms with Crippen LogP contribution >= 0.6 is 15.9 Å². The highest BCUT2D eigenvalue weighted by Gasteiger charge is 2.37. The fourth-order valence-corrected chi connectivity index (χ4v) is 5.56. The minimum atomic E-state index is -1.33. The largest absolute Gasteiger partial charge is 0.479 e. The highest BCUT2D eigenvalue weighted by Crippen LogP contribution is 2.39. The Kier molecular flexibility index (Phi) is 9.41. The van der Waals surface area contributed by atoms with Crippen molar-refractivity contribution in [2.24, 2.45) is 5.41 Å². The maximum absolute atomic E-state index is 13.4. The van der Waals surface area contributed by atoms with E-state index in [0.717, 1.165) is 12.8 Å². The summed E-state index contributed by atoms with van der Waals surface area (Å²) in [6.45, 7) is 14.1. The molecule has 1 saturated heterocycles. The van der Waals surface area contributed by atoms with Gasteiger partial charge in [-0.2, -0.15) is 9.61 Å². The van der Waals surface area contributed by atoms with Crippen LogP contribution in [-0.4, -0.2) is 62.6 Å². The van der Waals surface area contributed by atoms with Crippen LogP contribution in [0.4, 0.5) is 10.2 Å². The summed E-state index contributed by atoms with van der Waals surface area (Å²) in [6.07, 6.45) is 2.21. The van der Waals surface area contributed by atoms with Crippen molar-refractivity contribution >= 4 is 45.1 Å². The van der Waals surface area contributed by atoms with Gasteiger partial charge in [0.15, 0.2) is 23.2 Å². The number of aliphatic carboxylic acids is 1. The molecule has 0 saturated carbocycles. The van der Waals surface area contributed by atoms with Crippen molar-refractivity contribution < 1.29 is 28.6 Å². The number of anilines is 1. The van der Waals surface area contributed by atoms with Gasteiger partial charge in [-0.1, -0.05) is 35.0 Å². The number of hydrogen-bond donors (Lipinski definition) is 2. The molecule has 10 nitrogen and oxygen atoms in total. The standard InChI is InChI=1S/C31H37BrFN5O5/c1-7-31(6)10-12-37(13-11-31)28-25(26(29(41)42)43-30(3,4)5)18(2)35-24-16-23(36-38(24)28)27(40)34-17-21(39)14-19-8-9-20(33)15-22(19)32/h7-9,15-16,26H,1,10-14,17H2,2-6H3,(H,34,40)(H,41,42). The van der Waals surface area contributed by atoms with Gasteiger partial charge in [-0.25, -0.2) is 14.2 Å². The zero-order chi connectivity index (χ0) is 31.7. The first-order valence-corrected chi connectivity index (χ1v) is 14.8. The molecule has 12 heteroatoms. The molecular formula is C31H37BrFN5O5. The molecular weight excluding hydrogens is 621 g/mol. The molecule has 230 valence electrons. The monoisotopic (exact) mass is 657 g/mol. The number of benzene rings is 1. The van der Waals surface area contributed by atoms with Crippen molar-refractivity contribution in [2.75, 3.05) is 24.5 Å². The van der Waals surface area contributed by atoms with Crippen LogP contribution in [0.5, 0.6) is 0 Å². The number of piperidine rings is 1. The lowest BCUT2D eigenvalue weighted by molar-refractivity contribution is -0.160. The Morgan fingerprint density at radius 1 is 1.26 bits per heavy atom. The van der Waals surface area contributed by atoms with E-state index in [2.05, 4.69) is 49.7 Å². The number of amides is 1. The Morgan fingerprint density at radius 3 is 2.51 bits per heavy atom. The van der Waals surface area contributed by atoms with Crippen molar-refractivity contribution in [3.63, 3.8) is 0 Å². The molecule has 1 atom stereocenters. The first-order valence-electron chi connectivity index (χ1n) is 14.0. The highest BCUT2D eigenvalue weighted by atomic mass is 79.9. The number of carboxylic acids is 1. The Balaban J connectivity index is 1.68. The number of fused-ring (bicyclic) bond motifs is 1. The molecule has 3 heterocycles. The quantitative estimate of drug-likeness (QED) is 0.285. The van der Waals surface area contributed by atoms with Gasteiger partial charge in [-0.3, -0.25) is 9.59 Å². The fourth-order valence-electron chi connectivity index (χ4n) is 5.07. The van der Waals surface area contributed by atoms with Gasteiger partial charge in [-0.15, -0.1) is 6.58 Å². The lowest BCUT2D eigenvalue weighted by atomic mass is 9.80. The van der Waals surface area contributed by atoms with E-state index in [1.54, 1.807) is 27.7 Å². The van der Waals surface area contributed by atoms with Crippen LogP contribution in [-0.2, 0) is 20.7 Å². The summed E-state index contributed by atoms with van der Waals surface area (Å²) in [7, 11) is 0. The average molecular weight is 659 g/mol. The second-order valence-electron chi connectivity index (χ2n) is 12.2. The summed E-state index contributed by atoms with van der Waals surface area (Å²) in [5.74, 6) is -1.94. The molecule has 43 heavy (non-hydrogen) atoms. The van der Waals surface area contributed by atoms with E-state index in [4.69, 9.17) is 4.74 Å². The number of carboxylic acid groups (broad SMARTS) is 1. The molecule has 4 rings (SSSR count). The van der Waals surface area contributed by atoms with Crippen LogP contribution in [0.15, 0.2) is 41.4 Å². The van der Waals surface area contributed by atoms with Crippen LogP contribution in [0.3, 0.4) is 0 Å². The SMILES string of the molecule is C=CC1(C)CCN(c2c(C(OC(C)(C)C)C(=O)O)c(C)nc3cc(C(=O)NCC(=O)Cc4ccc(F)cc4Br)nn23)CC1. The van der Waals surface area contributed by atoms with Gasteiger partial charge in [0.05, 0.1) is 17.7 Å². The molecule has 0 bridgehead atoms. The zero-order valence-corrected chi connectivity index (χ0v) is 26.6. The molecule has 2 aromatic heterocycles. The number of carbonyl (C=O) groups excluding carboxylic acids is 2. The van der Waals surface area contributed by atoms with Gasteiger partial charge in [-0.05, 0) is 63.6 Å². The first kappa shape index (κ1) is 32.3. The maximum Gasteiger partial charge on any atom is 0.337 e. The number of allylic oxidation sites excluding steroid dienone is 1. The van der Waals surface area contributed by atoms with E-state index >= 15 is 0 Å². The second kappa shape index (κ2) is 12.5. The number of Topliss-reactive ketones (excluding diaryl/α,β-unsaturated/α-hetero) is 1. The van der Waals surface area contributed by atoms with Crippen molar-refractivity contribution in [3.05, 3.63) is 69.7 Å².